The molecule has 35 heavy (non-hydrogen) atoms. The van der Waals surface area contributed by atoms with E-state index in [2.05, 4.69) is 10.1 Å². The quantitative estimate of drug-likeness (QED) is 0.243. The zero-order chi connectivity index (χ0) is 25.8. The van der Waals surface area contributed by atoms with Gasteiger partial charge in [-0.2, -0.15) is 0 Å². The monoisotopic (exact) mass is 507 g/mol. The summed E-state index contributed by atoms with van der Waals surface area (Å²) in [6.45, 7) is 3.28. The molecule has 0 spiro atoms. The van der Waals surface area contributed by atoms with Crippen molar-refractivity contribution in [3.8, 4) is 5.75 Å². The smallest absolute Gasteiger partial charge is 0.410 e. The molecule has 1 amide bonds. The standard InChI is InChI=1S/C26H34FNO6S/c1-17(9-6-8-14-28-26(32)33-3)22-16-21(29)23(25(31)34-22)24(30)18(2)15-20-12-11-19(35-20)10-5-4-7-13-27/h8,11-12,14,16-18,29H,4-7,9-10,13,15H2,1-3H3,(H,28,32)/b14-8+. The van der Waals surface area contributed by atoms with Crippen LogP contribution in [0.25, 0.3) is 0 Å². The van der Waals surface area contributed by atoms with Gasteiger partial charge in [0.25, 0.3) is 0 Å². The highest BCUT2D eigenvalue weighted by Gasteiger charge is 2.25. The maximum Gasteiger partial charge on any atom is 0.410 e. The van der Waals surface area contributed by atoms with Crippen molar-refractivity contribution in [2.75, 3.05) is 13.8 Å². The number of hydrogen-bond donors (Lipinski definition) is 2. The summed E-state index contributed by atoms with van der Waals surface area (Å²) in [5, 5.41) is 12.9. The molecule has 7 nitrogen and oxygen atoms in total. The van der Waals surface area contributed by atoms with Crippen LogP contribution in [0.3, 0.4) is 0 Å². The maximum atomic E-state index is 12.9. The minimum atomic E-state index is -0.841. The Balaban J connectivity index is 1.97. The number of allylic oxidation sites excluding steroid dienone is 1. The van der Waals surface area contributed by atoms with Gasteiger partial charge in [-0.3, -0.25) is 14.5 Å². The molecule has 0 saturated heterocycles. The minimum absolute atomic E-state index is 0.188. The third-order valence-corrected chi connectivity index (χ3v) is 6.85. The average Bonchev–Trinajstić information content (AvgIpc) is 3.27. The summed E-state index contributed by atoms with van der Waals surface area (Å²) in [6.07, 6.45) is 7.54. The molecule has 0 fully saturated rings. The number of hydrogen-bond acceptors (Lipinski definition) is 7. The van der Waals surface area contributed by atoms with Gasteiger partial charge in [-0.25, -0.2) is 9.59 Å². The molecule has 2 atom stereocenters. The second kappa shape index (κ2) is 14.5. The Morgan fingerprint density at radius 2 is 1.97 bits per heavy atom. The first-order valence-electron chi connectivity index (χ1n) is 11.8. The van der Waals surface area contributed by atoms with E-state index in [0.717, 1.165) is 24.1 Å². The molecule has 2 unspecified atom stereocenters. The predicted octanol–water partition coefficient (Wildman–Crippen LogP) is 5.90. The lowest BCUT2D eigenvalue weighted by Gasteiger charge is -2.13. The van der Waals surface area contributed by atoms with Gasteiger partial charge in [-0.1, -0.05) is 26.3 Å². The number of alkyl halides is 1. The highest BCUT2D eigenvalue weighted by atomic mass is 32.1. The van der Waals surface area contributed by atoms with Crippen LogP contribution in [0.1, 0.15) is 77.7 Å². The molecule has 0 aliphatic carbocycles. The van der Waals surface area contributed by atoms with Gasteiger partial charge < -0.3 is 14.3 Å². The minimum Gasteiger partial charge on any atom is -0.507 e. The molecule has 0 radical (unpaired) electrons. The van der Waals surface area contributed by atoms with Gasteiger partial charge in [-0.05, 0) is 50.7 Å². The highest BCUT2D eigenvalue weighted by molar-refractivity contribution is 7.12. The van der Waals surface area contributed by atoms with Gasteiger partial charge in [0.15, 0.2) is 5.78 Å². The molecule has 192 valence electrons. The molecule has 2 aromatic heterocycles. The first kappa shape index (κ1) is 28.3. The van der Waals surface area contributed by atoms with Crippen LogP contribution in [0.4, 0.5) is 9.18 Å². The van der Waals surface area contributed by atoms with Crippen molar-refractivity contribution >= 4 is 23.2 Å². The van der Waals surface area contributed by atoms with Gasteiger partial charge in [0.2, 0.25) is 0 Å². The predicted molar refractivity (Wildman–Crippen MR) is 134 cm³/mol. The van der Waals surface area contributed by atoms with Crippen molar-refractivity contribution in [1.29, 1.82) is 0 Å². The van der Waals surface area contributed by atoms with E-state index < -0.39 is 23.4 Å². The summed E-state index contributed by atoms with van der Waals surface area (Å²) >= 11 is 1.61. The number of methoxy groups -OCH3 is 1. The Bertz CT molecular complexity index is 1060. The molecule has 2 aromatic rings. The fourth-order valence-electron chi connectivity index (χ4n) is 3.60. The Kier molecular flexibility index (Phi) is 11.7. The highest BCUT2D eigenvalue weighted by Crippen LogP contribution is 2.28. The first-order valence-corrected chi connectivity index (χ1v) is 12.6. The molecule has 0 aliphatic heterocycles. The summed E-state index contributed by atoms with van der Waals surface area (Å²) in [4.78, 5) is 38.7. The van der Waals surface area contributed by atoms with E-state index in [0.29, 0.717) is 31.4 Å². The third kappa shape index (κ3) is 8.98. The van der Waals surface area contributed by atoms with Crippen molar-refractivity contribution in [1.82, 2.24) is 5.32 Å². The van der Waals surface area contributed by atoms with Crippen LogP contribution in [0.2, 0.25) is 0 Å². The average molecular weight is 508 g/mol. The van der Waals surface area contributed by atoms with E-state index in [1.54, 1.807) is 24.3 Å². The fraction of sp³-hybridized carbons (Fsp3) is 0.500. The van der Waals surface area contributed by atoms with Gasteiger partial charge in [0.05, 0.1) is 13.8 Å². The fourth-order valence-corrected chi connectivity index (χ4v) is 4.79. The van der Waals surface area contributed by atoms with Gasteiger partial charge in [-0.15, -0.1) is 11.3 Å². The summed E-state index contributed by atoms with van der Waals surface area (Å²) in [5.74, 6) is -1.22. The van der Waals surface area contributed by atoms with E-state index in [1.807, 2.05) is 19.1 Å². The zero-order valence-corrected chi connectivity index (χ0v) is 21.3. The Hall–Kier alpha value is -2.94. The number of thiophene rings is 1. The number of ketones is 1. The second-order valence-electron chi connectivity index (χ2n) is 8.55. The Labute approximate surface area is 209 Å². The first-order chi connectivity index (χ1) is 16.8. The van der Waals surface area contributed by atoms with Crippen LogP contribution in [0.5, 0.6) is 5.75 Å². The molecule has 0 aromatic carbocycles. The summed E-state index contributed by atoms with van der Waals surface area (Å²) in [5.41, 5.74) is -1.16. The van der Waals surface area contributed by atoms with Crippen molar-refractivity contribution in [2.24, 2.45) is 5.92 Å². The lowest BCUT2D eigenvalue weighted by atomic mass is 9.95. The summed E-state index contributed by atoms with van der Waals surface area (Å²) < 4.78 is 22.1. The topological polar surface area (TPSA) is 106 Å². The Morgan fingerprint density at radius 1 is 1.23 bits per heavy atom. The number of nitrogens with one attached hydrogen (secondary N) is 1. The van der Waals surface area contributed by atoms with Crippen LogP contribution in [-0.4, -0.2) is 30.8 Å². The van der Waals surface area contributed by atoms with Crippen LogP contribution in [-0.2, 0) is 17.6 Å². The molecular weight excluding hydrogens is 473 g/mol. The normalized spacial score (nSPS) is 13.0. The molecule has 2 N–H and O–H groups in total. The van der Waals surface area contributed by atoms with Crippen LogP contribution < -0.4 is 10.9 Å². The molecule has 0 bridgehead atoms. The van der Waals surface area contributed by atoms with Crippen LogP contribution in [0.15, 0.2) is 39.7 Å². The van der Waals surface area contributed by atoms with E-state index in [-0.39, 0.29) is 23.9 Å². The van der Waals surface area contributed by atoms with E-state index >= 15 is 0 Å². The number of unbranched alkanes of at least 4 members (excludes halogenated alkanes) is 2. The molecular formula is C26H34FNO6S. The lowest BCUT2D eigenvalue weighted by Crippen LogP contribution is -2.22. The number of alkyl carbamates (subject to hydrolysis) is 1. The number of carbonyl (C=O) groups excluding carboxylic acids is 2. The third-order valence-electron chi connectivity index (χ3n) is 5.68. The number of halogens is 1. The molecule has 0 saturated carbocycles. The molecule has 2 heterocycles. The number of Topliss-reactive ketones (excluding diaryl/α,β-unsaturated/α-hetero) is 1. The van der Waals surface area contributed by atoms with Crippen LogP contribution in [0, 0.1) is 5.92 Å². The van der Waals surface area contributed by atoms with E-state index in [9.17, 15) is 23.9 Å². The SMILES string of the molecule is COC(=O)N/C=C/CCC(C)c1cc(O)c(C(=O)C(C)Cc2ccc(CCCCCF)s2)c(=O)o1. The van der Waals surface area contributed by atoms with Crippen LogP contribution >= 0.6 is 11.3 Å². The number of aryl methyl sites for hydroxylation is 1. The van der Waals surface area contributed by atoms with Crippen molar-refractivity contribution in [2.45, 2.75) is 64.7 Å². The number of ether oxygens (including phenoxy) is 1. The molecule has 0 aliphatic rings. The van der Waals surface area contributed by atoms with Gasteiger partial charge in [0.1, 0.15) is 17.1 Å². The van der Waals surface area contributed by atoms with Crippen molar-refractivity contribution < 1.29 is 28.2 Å². The van der Waals surface area contributed by atoms with Crippen molar-refractivity contribution in [3.63, 3.8) is 0 Å². The number of carbonyl (C=O) groups is 2. The lowest BCUT2D eigenvalue weighted by molar-refractivity contribution is 0.0922. The summed E-state index contributed by atoms with van der Waals surface area (Å²) in [6, 6.07) is 5.33. The van der Waals surface area contributed by atoms with Crippen molar-refractivity contribution in [3.05, 3.63) is 62.0 Å². The van der Waals surface area contributed by atoms with E-state index in [1.165, 1.54) is 24.3 Å². The number of aromatic hydroxyl groups is 1. The second-order valence-corrected chi connectivity index (χ2v) is 9.80. The molecule has 2 rings (SSSR count). The zero-order valence-electron chi connectivity index (χ0n) is 20.5. The number of amides is 1. The molecule has 9 heteroatoms. The number of rotatable bonds is 14. The largest absolute Gasteiger partial charge is 0.507 e. The maximum absolute atomic E-state index is 12.9. The summed E-state index contributed by atoms with van der Waals surface area (Å²) in [7, 11) is 1.27. The van der Waals surface area contributed by atoms with Gasteiger partial charge in [0, 0.05) is 33.9 Å². The Morgan fingerprint density at radius 3 is 2.66 bits per heavy atom. The van der Waals surface area contributed by atoms with Gasteiger partial charge >= 0.3 is 11.7 Å². The van der Waals surface area contributed by atoms with E-state index in [4.69, 9.17) is 4.42 Å².